The number of amides is 1. The molecule has 0 unspecified atom stereocenters. The van der Waals surface area contributed by atoms with Crippen LogP contribution in [0.1, 0.15) is 15.2 Å². The number of hydrogen-bond donors (Lipinski definition) is 1. The first-order valence-corrected chi connectivity index (χ1v) is 7.12. The molecule has 5 nitrogen and oxygen atoms in total. The van der Waals surface area contributed by atoms with Crippen LogP contribution in [-0.4, -0.2) is 10.8 Å². The van der Waals surface area contributed by atoms with E-state index in [1.54, 1.807) is 6.92 Å². The molecule has 9 heteroatoms. The highest BCUT2D eigenvalue weighted by Gasteiger charge is 2.24. The number of halogens is 3. The van der Waals surface area contributed by atoms with Crippen LogP contribution in [0, 0.1) is 28.7 Å². The number of rotatable bonds is 3. The van der Waals surface area contributed by atoms with Crippen molar-refractivity contribution in [2.75, 3.05) is 5.32 Å². The Kier molecular flexibility index (Phi) is 4.33. The maximum absolute atomic E-state index is 13.7. The number of nitrogens with zero attached hydrogens (tertiary/aromatic N) is 1. The number of nitro benzene ring substituents is 1. The summed E-state index contributed by atoms with van der Waals surface area (Å²) in [5.41, 5.74) is -0.707. The normalized spacial score (nSPS) is 10.5. The molecule has 0 saturated heterocycles. The summed E-state index contributed by atoms with van der Waals surface area (Å²) in [5, 5.41) is 12.9. The van der Waals surface area contributed by atoms with E-state index in [2.05, 4.69) is 21.2 Å². The minimum atomic E-state index is -1.47. The Hall–Kier alpha value is -1.87. The van der Waals surface area contributed by atoms with E-state index in [0.717, 1.165) is 23.0 Å². The molecule has 0 radical (unpaired) electrons. The summed E-state index contributed by atoms with van der Waals surface area (Å²) in [7, 11) is 0. The first kappa shape index (κ1) is 15.5. The van der Waals surface area contributed by atoms with Crippen molar-refractivity contribution in [1.29, 1.82) is 0 Å². The number of carbonyl (C=O) groups excluding carboxylic acids is 1. The molecule has 0 bridgehead atoms. The zero-order chi connectivity index (χ0) is 15.7. The van der Waals surface area contributed by atoms with Crippen LogP contribution in [0.15, 0.2) is 22.0 Å². The van der Waals surface area contributed by atoms with Gasteiger partial charge in [0.05, 0.1) is 13.6 Å². The molecular formula is C12H7BrF2N2O3S. The maximum Gasteiger partial charge on any atom is 0.296 e. The standard InChI is InChI=1S/C12H7BrF2N2O3S/c1-5-4-8(21-11(5)13)12(18)16-10-7(17(19)20)3-2-6(14)9(10)15/h2-4H,1H3,(H,16,18). The quantitative estimate of drug-likeness (QED) is 0.642. The van der Waals surface area contributed by atoms with E-state index in [1.165, 1.54) is 6.07 Å². The molecule has 0 saturated carbocycles. The fraction of sp³-hybridized carbons (Fsp3) is 0.0833. The van der Waals surface area contributed by atoms with Crippen LogP contribution in [0.2, 0.25) is 0 Å². The van der Waals surface area contributed by atoms with Crippen molar-refractivity contribution in [3.8, 4) is 0 Å². The van der Waals surface area contributed by atoms with Gasteiger partial charge in [0.15, 0.2) is 17.3 Å². The van der Waals surface area contributed by atoms with Crippen LogP contribution in [-0.2, 0) is 0 Å². The summed E-state index contributed by atoms with van der Waals surface area (Å²) in [5.74, 6) is -3.49. The summed E-state index contributed by atoms with van der Waals surface area (Å²) < 4.78 is 27.6. The second-order valence-corrected chi connectivity index (χ2v) is 6.40. The smallest absolute Gasteiger partial charge is 0.296 e. The second-order valence-electron chi connectivity index (χ2n) is 4.03. The number of carbonyl (C=O) groups is 1. The summed E-state index contributed by atoms with van der Waals surface area (Å²) in [4.78, 5) is 22.1. The van der Waals surface area contributed by atoms with E-state index < -0.39 is 33.8 Å². The number of benzene rings is 1. The van der Waals surface area contributed by atoms with Crippen molar-refractivity contribution in [2.45, 2.75) is 6.92 Å². The Labute approximate surface area is 129 Å². The monoisotopic (exact) mass is 376 g/mol. The molecule has 1 heterocycles. The highest BCUT2D eigenvalue weighted by Crippen LogP contribution is 2.32. The third kappa shape index (κ3) is 3.08. The summed E-state index contributed by atoms with van der Waals surface area (Å²) in [6, 6.07) is 2.96. The number of nitrogens with one attached hydrogen (secondary N) is 1. The number of hydrogen-bond acceptors (Lipinski definition) is 4. The van der Waals surface area contributed by atoms with Gasteiger partial charge in [-0.25, -0.2) is 8.78 Å². The first-order valence-electron chi connectivity index (χ1n) is 5.51. The molecule has 21 heavy (non-hydrogen) atoms. The van der Waals surface area contributed by atoms with Crippen molar-refractivity contribution in [1.82, 2.24) is 0 Å². The Balaban J connectivity index is 2.41. The topological polar surface area (TPSA) is 72.2 Å². The van der Waals surface area contributed by atoms with Gasteiger partial charge in [-0.15, -0.1) is 11.3 Å². The van der Waals surface area contributed by atoms with Gasteiger partial charge in [-0.3, -0.25) is 14.9 Å². The van der Waals surface area contributed by atoms with Crippen LogP contribution in [0.5, 0.6) is 0 Å². The van der Waals surface area contributed by atoms with Crippen LogP contribution < -0.4 is 5.32 Å². The molecule has 0 fully saturated rings. The van der Waals surface area contributed by atoms with E-state index >= 15 is 0 Å². The van der Waals surface area contributed by atoms with Crippen LogP contribution in [0.4, 0.5) is 20.2 Å². The highest BCUT2D eigenvalue weighted by molar-refractivity contribution is 9.11. The predicted molar refractivity (Wildman–Crippen MR) is 77.7 cm³/mol. The minimum absolute atomic E-state index is 0.220. The predicted octanol–water partition coefficient (Wildman–Crippen LogP) is 4.26. The number of anilines is 1. The third-order valence-electron chi connectivity index (χ3n) is 2.59. The Morgan fingerprint density at radius 3 is 2.62 bits per heavy atom. The molecule has 2 rings (SSSR count). The van der Waals surface area contributed by atoms with Gasteiger partial charge in [0.25, 0.3) is 11.6 Å². The number of thiophene rings is 1. The van der Waals surface area contributed by atoms with Crippen molar-refractivity contribution in [3.63, 3.8) is 0 Å². The highest BCUT2D eigenvalue weighted by atomic mass is 79.9. The van der Waals surface area contributed by atoms with Crippen molar-refractivity contribution < 1.29 is 18.5 Å². The molecule has 1 N–H and O–H groups in total. The van der Waals surface area contributed by atoms with Gasteiger partial charge in [0.1, 0.15) is 0 Å². The summed E-state index contributed by atoms with van der Waals surface area (Å²) in [6.07, 6.45) is 0. The molecule has 0 spiro atoms. The van der Waals surface area contributed by atoms with Crippen molar-refractivity contribution in [2.24, 2.45) is 0 Å². The average Bonchev–Trinajstić information content (AvgIpc) is 2.75. The minimum Gasteiger partial charge on any atom is -0.313 e. The van der Waals surface area contributed by atoms with E-state index in [1.807, 2.05) is 0 Å². The molecule has 2 aromatic rings. The molecular weight excluding hydrogens is 370 g/mol. The molecule has 110 valence electrons. The van der Waals surface area contributed by atoms with Gasteiger partial charge in [0, 0.05) is 6.07 Å². The van der Waals surface area contributed by atoms with Crippen LogP contribution in [0.25, 0.3) is 0 Å². The molecule has 1 amide bonds. The lowest BCUT2D eigenvalue weighted by Gasteiger charge is -2.06. The van der Waals surface area contributed by atoms with E-state index in [4.69, 9.17) is 0 Å². The average molecular weight is 377 g/mol. The van der Waals surface area contributed by atoms with Gasteiger partial charge < -0.3 is 5.32 Å². The number of nitro groups is 1. The van der Waals surface area contributed by atoms with Crippen LogP contribution >= 0.6 is 27.3 Å². The zero-order valence-corrected chi connectivity index (χ0v) is 12.8. The second kappa shape index (κ2) is 5.86. The SMILES string of the molecule is Cc1cc(C(=O)Nc2c([N+](=O)[O-])ccc(F)c2F)sc1Br. The van der Waals surface area contributed by atoms with E-state index in [-0.39, 0.29) is 4.88 Å². The lowest BCUT2D eigenvalue weighted by molar-refractivity contribution is -0.384. The fourth-order valence-electron chi connectivity index (χ4n) is 1.56. The van der Waals surface area contributed by atoms with Gasteiger partial charge in [0.2, 0.25) is 0 Å². The van der Waals surface area contributed by atoms with Crippen molar-refractivity contribution in [3.05, 3.63) is 54.2 Å². The fourth-order valence-corrected chi connectivity index (χ4v) is 2.99. The zero-order valence-electron chi connectivity index (χ0n) is 10.4. The molecule has 0 atom stereocenters. The molecule has 1 aromatic carbocycles. The van der Waals surface area contributed by atoms with Gasteiger partial charge >= 0.3 is 0 Å². The van der Waals surface area contributed by atoms with E-state index in [9.17, 15) is 23.7 Å². The molecule has 0 aliphatic rings. The lowest BCUT2D eigenvalue weighted by atomic mass is 10.2. The molecule has 1 aromatic heterocycles. The van der Waals surface area contributed by atoms with Gasteiger partial charge in [-0.2, -0.15) is 0 Å². The Morgan fingerprint density at radius 2 is 2.10 bits per heavy atom. The van der Waals surface area contributed by atoms with Crippen LogP contribution in [0.3, 0.4) is 0 Å². The molecule has 0 aliphatic heterocycles. The third-order valence-corrected chi connectivity index (χ3v) is 4.72. The Bertz CT molecular complexity index is 729. The van der Waals surface area contributed by atoms with Gasteiger partial charge in [-0.1, -0.05) is 0 Å². The lowest BCUT2D eigenvalue weighted by Crippen LogP contribution is -2.13. The van der Waals surface area contributed by atoms with Gasteiger partial charge in [-0.05, 0) is 40.5 Å². The van der Waals surface area contributed by atoms with Crippen molar-refractivity contribution >= 4 is 44.5 Å². The summed E-state index contributed by atoms with van der Waals surface area (Å²) in [6.45, 7) is 1.75. The largest absolute Gasteiger partial charge is 0.313 e. The van der Waals surface area contributed by atoms with E-state index in [0.29, 0.717) is 9.85 Å². The summed E-state index contributed by atoms with van der Waals surface area (Å²) >= 11 is 4.31. The molecule has 0 aliphatic carbocycles. The maximum atomic E-state index is 13.7. The first-order chi connectivity index (χ1) is 9.81. The Morgan fingerprint density at radius 1 is 1.43 bits per heavy atom. The number of aryl methyl sites for hydroxylation is 1.